The second kappa shape index (κ2) is 9.57. The lowest BCUT2D eigenvalue weighted by atomic mass is 10.2. The molecule has 0 spiro atoms. The first-order valence-corrected chi connectivity index (χ1v) is 10.5. The molecule has 0 saturated carbocycles. The number of methoxy groups -OCH3 is 1. The van der Waals surface area contributed by atoms with Crippen molar-refractivity contribution in [2.75, 3.05) is 12.4 Å². The number of thiazole rings is 1. The van der Waals surface area contributed by atoms with Crippen molar-refractivity contribution in [2.24, 2.45) is 0 Å². The third-order valence-electron chi connectivity index (χ3n) is 4.55. The van der Waals surface area contributed by atoms with Gasteiger partial charge in [-0.05, 0) is 42.0 Å². The van der Waals surface area contributed by atoms with Crippen LogP contribution in [-0.2, 0) is 6.61 Å². The molecule has 162 valence electrons. The summed E-state index contributed by atoms with van der Waals surface area (Å²) in [6, 6.07) is 17.3. The maximum atomic E-state index is 14.7. The normalized spacial score (nSPS) is 10.6. The molecule has 0 bridgehead atoms. The second-order valence-electron chi connectivity index (χ2n) is 6.78. The fourth-order valence-electron chi connectivity index (χ4n) is 2.90. The number of anilines is 1. The van der Waals surface area contributed by atoms with Crippen molar-refractivity contribution in [1.29, 1.82) is 0 Å². The number of aromatic nitrogens is 1. The standard InChI is InChI=1S/C24H18F2N2O3S/c1-30-18-4-2-3-17(11-18)27-23(29)22-14-32-24(28-22)20-10-9-19(12-21(20)26)31-13-15-5-7-16(25)8-6-15/h2-12,14H,13H2,1H3,(H,27,29). The third-order valence-corrected chi connectivity index (χ3v) is 5.43. The SMILES string of the molecule is COc1cccc(NC(=O)c2csc(-c3ccc(OCc4ccc(F)cc4)cc3F)n2)c1. The number of hydrogen-bond acceptors (Lipinski definition) is 5. The number of carbonyl (C=O) groups excluding carboxylic acids is 1. The van der Waals surface area contributed by atoms with Crippen LogP contribution in [0.3, 0.4) is 0 Å². The molecule has 0 unspecified atom stereocenters. The lowest BCUT2D eigenvalue weighted by molar-refractivity contribution is 0.102. The van der Waals surface area contributed by atoms with Gasteiger partial charge in [0.2, 0.25) is 0 Å². The zero-order valence-corrected chi connectivity index (χ0v) is 17.8. The van der Waals surface area contributed by atoms with Crippen LogP contribution in [-0.4, -0.2) is 18.0 Å². The molecule has 0 atom stereocenters. The van der Waals surface area contributed by atoms with Gasteiger partial charge in [-0.2, -0.15) is 0 Å². The van der Waals surface area contributed by atoms with Crippen LogP contribution in [0.1, 0.15) is 16.1 Å². The van der Waals surface area contributed by atoms with Gasteiger partial charge in [0.25, 0.3) is 5.91 Å². The monoisotopic (exact) mass is 452 g/mol. The Bertz CT molecular complexity index is 1240. The topological polar surface area (TPSA) is 60.5 Å². The molecule has 1 amide bonds. The van der Waals surface area contributed by atoms with Crippen LogP contribution >= 0.6 is 11.3 Å². The van der Waals surface area contributed by atoms with E-state index < -0.39 is 11.7 Å². The summed E-state index contributed by atoms with van der Waals surface area (Å²) in [6.45, 7) is 0.185. The molecule has 0 radical (unpaired) electrons. The van der Waals surface area contributed by atoms with Gasteiger partial charge < -0.3 is 14.8 Å². The first-order valence-electron chi connectivity index (χ1n) is 9.60. The number of hydrogen-bond donors (Lipinski definition) is 1. The van der Waals surface area contributed by atoms with Crippen LogP contribution in [0.5, 0.6) is 11.5 Å². The number of halogens is 2. The highest BCUT2D eigenvalue weighted by molar-refractivity contribution is 7.13. The summed E-state index contributed by atoms with van der Waals surface area (Å²) in [4.78, 5) is 16.8. The first kappa shape index (κ1) is 21.5. The summed E-state index contributed by atoms with van der Waals surface area (Å²) in [6.07, 6.45) is 0. The lowest BCUT2D eigenvalue weighted by Gasteiger charge is -2.08. The van der Waals surface area contributed by atoms with Gasteiger partial charge >= 0.3 is 0 Å². The summed E-state index contributed by atoms with van der Waals surface area (Å²) < 4.78 is 38.4. The maximum Gasteiger partial charge on any atom is 0.275 e. The van der Waals surface area contributed by atoms with Crippen molar-refractivity contribution in [3.05, 3.63) is 95.0 Å². The summed E-state index contributed by atoms with van der Waals surface area (Å²) in [5.41, 5.74) is 1.79. The average Bonchev–Trinajstić information content (AvgIpc) is 3.29. The Labute approximate surface area is 187 Å². The fraction of sp³-hybridized carbons (Fsp3) is 0.0833. The number of rotatable bonds is 7. The predicted molar refractivity (Wildman–Crippen MR) is 119 cm³/mol. The predicted octanol–water partition coefficient (Wildman–Crippen LogP) is 5.93. The van der Waals surface area contributed by atoms with E-state index in [1.165, 1.54) is 29.5 Å². The summed E-state index contributed by atoms with van der Waals surface area (Å²) in [5, 5.41) is 4.70. The Kier molecular flexibility index (Phi) is 6.42. The molecule has 8 heteroatoms. The summed E-state index contributed by atoms with van der Waals surface area (Å²) in [7, 11) is 1.54. The van der Waals surface area contributed by atoms with Crippen LogP contribution in [0.25, 0.3) is 10.6 Å². The molecule has 4 rings (SSSR count). The molecule has 1 aromatic heterocycles. The number of carbonyl (C=O) groups is 1. The number of benzene rings is 3. The number of ether oxygens (including phenoxy) is 2. The Morgan fingerprint density at radius 1 is 1.03 bits per heavy atom. The van der Waals surface area contributed by atoms with E-state index in [1.807, 2.05) is 0 Å². The van der Waals surface area contributed by atoms with Gasteiger partial charge in [-0.3, -0.25) is 4.79 Å². The van der Waals surface area contributed by atoms with Crippen molar-refractivity contribution in [3.8, 4) is 22.1 Å². The van der Waals surface area contributed by atoms with Crippen LogP contribution in [0.4, 0.5) is 14.5 Å². The molecule has 0 fully saturated rings. The van der Waals surface area contributed by atoms with Crippen LogP contribution in [0.2, 0.25) is 0 Å². The molecule has 5 nitrogen and oxygen atoms in total. The Morgan fingerprint density at radius 2 is 1.84 bits per heavy atom. The molecule has 4 aromatic rings. The molecule has 0 saturated heterocycles. The third kappa shape index (κ3) is 5.09. The summed E-state index contributed by atoms with van der Waals surface area (Å²) in [5.74, 6) is -0.297. The molecule has 0 aliphatic rings. The van der Waals surface area contributed by atoms with Gasteiger partial charge in [-0.25, -0.2) is 13.8 Å². The van der Waals surface area contributed by atoms with Crippen molar-refractivity contribution < 1.29 is 23.0 Å². The van der Waals surface area contributed by atoms with Crippen molar-refractivity contribution >= 4 is 22.9 Å². The first-order chi connectivity index (χ1) is 15.5. The highest BCUT2D eigenvalue weighted by Gasteiger charge is 2.15. The van der Waals surface area contributed by atoms with Gasteiger partial charge in [0, 0.05) is 28.8 Å². The van der Waals surface area contributed by atoms with E-state index in [4.69, 9.17) is 9.47 Å². The number of amides is 1. The fourth-order valence-corrected chi connectivity index (χ4v) is 3.73. The van der Waals surface area contributed by atoms with E-state index >= 15 is 0 Å². The molecule has 32 heavy (non-hydrogen) atoms. The average molecular weight is 452 g/mol. The van der Waals surface area contributed by atoms with Crippen molar-refractivity contribution in [1.82, 2.24) is 4.98 Å². The van der Waals surface area contributed by atoms with E-state index in [-0.39, 0.29) is 23.7 Å². The Morgan fingerprint density at radius 3 is 2.59 bits per heavy atom. The summed E-state index contributed by atoms with van der Waals surface area (Å²) >= 11 is 1.17. The van der Waals surface area contributed by atoms with E-state index in [1.54, 1.807) is 61.0 Å². The van der Waals surface area contributed by atoms with Crippen LogP contribution in [0, 0.1) is 11.6 Å². The minimum absolute atomic E-state index is 0.184. The van der Waals surface area contributed by atoms with Gasteiger partial charge in [-0.1, -0.05) is 18.2 Å². The van der Waals surface area contributed by atoms with Gasteiger partial charge in [0.05, 0.1) is 7.11 Å². The van der Waals surface area contributed by atoms with Gasteiger partial charge in [-0.15, -0.1) is 11.3 Å². The van der Waals surface area contributed by atoms with E-state index in [2.05, 4.69) is 10.3 Å². The zero-order chi connectivity index (χ0) is 22.5. The lowest BCUT2D eigenvalue weighted by Crippen LogP contribution is -2.12. The molecule has 0 aliphatic heterocycles. The minimum Gasteiger partial charge on any atom is -0.497 e. The molecule has 1 N–H and O–H groups in total. The van der Waals surface area contributed by atoms with Crippen LogP contribution < -0.4 is 14.8 Å². The molecule has 1 heterocycles. The molecular formula is C24H18F2N2O3S. The molecular weight excluding hydrogens is 434 g/mol. The smallest absolute Gasteiger partial charge is 0.275 e. The molecule has 0 aliphatic carbocycles. The second-order valence-corrected chi connectivity index (χ2v) is 7.64. The Hall–Kier alpha value is -3.78. The van der Waals surface area contributed by atoms with E-state index in [9.17, 15) is 13.6 Å². The quantitative estimate of drug-likeness (QED) is 0.378. The largest absolute Gasteiger partial charge is 0.497 e. The highest BCUT2D eigenvalue weighted by atomic mass is 32.1. The van der Waals surface area contributed by atoms with Gasteiger partial charge in [0.1, 0.15) is 40.4 Å². The zero-order valence-electron chi connectivity index (χ0n) is 17.0. The number of nitrogens with zero attached hydrogens (tertiary/aromatic N) is 1. The van der Waals surface area contributed by atoms with E-state index in [0.29, 0.717) is 22.2 Å². The van der Waals surface area contributed by atoms with Crippen molar-refractivity contribution in [3.63, 3.8) is 0 Å². The number of nitrogens with one attached hydrogen (secondary N) is 1. The Balaban J connectivity index is 1.43. The minimum atomic E-state index is -0.518. The maximum absolute atomic E-state index is 14.7. The van der Waals surface area contributed by atoms with Crippen molar-refractivity contribution in [2.45, 2.75) is 6.61 Å². The van der Waals surface area contributed by atoms with E-state index in [0.717, 1.165) is 5.56 Å². The molecule has 3 aromatic carbocycles. The van der Waals surface area contributed by atoms with Crippen LogP contribution in [0.15, 0.2) is 72.1 Å². The highest BCUT2D eigenvalue weighted by Crippen LogP contribution is 2.29. The van der Waals surface area contributed by atoms with Gasteiger partial charge in [0.15, 0.2) is 0 Å².